The molecule has 0 aromatic carbocycles. The second-order valence-electron chi connectivity index (χ2n) is 5.23. The van der Waals surface area contributed by atoms with Crippen LogP contribution < -0.4 is 4.74 Å². The van der Waals surface area contributed by atoms with Crippen LogP contribution in [0, 0.1) is 6.92 Å². The molecule has 0 radical (unpaired) electrons. The molecule has 0 fully saturated rings. The molecule has 0 saturated heterocycles. The minimum absolute atomic E-state index is 0.104. The maximum atomic E-state index is 6.23. The lowest BCUT2D eigenvalue weighted by molar-refractivity contribution is 0.241. The maximum Gasteiger partial charge on any atom is 0.138 e. The van der Waals surface area contributed by atoms with Crippen molar-refractivity contribution in [3.63, 3.8) is 0 Å². The van der Waals surface area contributed by atoms with Gasteiger partial charge in [-0.1, -0.05) is 18.5 Å². The Morgan fingerprint density at radius 1 is 1.24 bits per heavy atom. The van der Waals surface area contributed by atoms with Crippen molar-refractivity contribution in [3.8, 4) is 17.0 Å². The minimum Gasteiger partial charge on any atom is -0.489 e. The van der Waals surface area contributed by atoms with Crippen LogP contribution in [0.2, 0.25) is 5.15 Å². The Labute approximate surface area is 130 Å². The molecular formula is C16H20ClN3O. The van der Waals surface area contributed by atoms with Gasteiger partial charge in [0.2, 0.25) is 0 Å². The standard InChI is InChI=1S/C16H20ClN3O/c1-5-6-14-19-15(11(4)16(17)20-14)12-7-13(9-18-8-12)21-10(2)3/h7-10H,5-6H2,1-4H3. The molecule has 21 heavy (non-hydrogen) atoms. The van der Waals surface area contributed by atoms with E-state index in [1.54, 1.807) is 12.4 Å². The number of pyridine rings is 1. The molecule has 4 nitrogen and oxygen atoms in total. The Morgan fingerprint density at radius 3 is 2.67 bits per heavy atom. The first-order valence-corrected chi connectivity index (χ1v) is 7.54. The normalized spacial score (nSPS) is 11.0. The monoisotopic (exact) mass is 305 g/mol. The summed E-state index contributed by atoms with van der Waals surface area (Å²) in [7, 11) is 0. The van der Waals surface area contributed by atoms with Gasteiger partial charge in [0, 0.05) is 23.7 Å². The van der Waals surface area contributed by atoms with Crippen LogP contribution in [0.5, 0.6) is 5.75 Å². The lowest BCUT2D eigenvalue weighted by atomic mass is 10.1. The second kappa shape index (κ2) is 6.85. The SMILES string of the molecule is CCCc1nc(Cl)c(C)c(-c2cncc(OC(C)C)c2)n1. The molecule has 0 unspecified atom stereocenters. The van der Waals surface area contributed by atoms with Gasteiger partial charge in [0.05, 0.1) is 18.0 Å². The number of aryl methyl sites for hydroxylation is 1. The molecule has 0 N–H and O–H groups in total. The predicted octanol–water partition coefficient (Wildman–Crippen LogP) is 4.24. The minimum atomic E-state index is 0.104. The van der Waals surface area contributed by atoms with Crippen molar-refractivity contribution >= 4 is 11.6 Å². The largest absolute Gasteiger partial charge is 0.489 e. The topological polar surface area (TPSA) is 47.9 Å². The van der Waals surface area contributed by atoms with E-state index in [1.165, 1.54) is 0 Å². The van der Waals surface area contributed by atoms with Gasteiger partial charge in [-0.05, 0) is 33.3 Å². The van der Waals surface area contributed by atoms with Crippen molar-refractivity contribution in [2.24, 2.45) is 0 Å². The Hall–Kier alpha value is -1.68. The van der Waals surface area contributed by atoms with Crippen molar-refractivity contribution in [3.05, 3.63) is 35.0 Å². The van der Waals surface area contributed by atoms with Crippen LogP contribution in [0.4, 0.5) is 0 Å². The maximum absolute atomic E-state index is 6.23. The number of halogens is 1. The van der Waals surface area contributed by atoms with Crippen molar-refractivity contribution < 1.29 is 4.74 Å². The third kappa shape index (κ3) is 3.91. The smallest absolute Gasteiger partial charge is 0.138 e. The number of hydrogen-bond acceptors (Lipinski definition) is 4. The third-order valence-corrected chi connectivity index (χ3v) is 3.33. The molecular weight excluding hydrogens is 286 g/mol. The zero-order valence-corrected chi connectivity index (χ0v) is 13.6. The van der Waals surface area contributed by atoms with Gasteiger partial charge >= 0.3 is 0 Å². The summed E-state index contributed by atoms with van der Waals surface area (Å²) in [6.07, 6.45) is 5.37. The zero-order chi connectivity index (χ0) is 15.4. The lowest BCUT2D eigenvalue weighted by Crippen LogP contribution is -2.06. The highest BCUT2D eigenvalue weighted by molar-refractivity contribution is 6.30. The van der Waals surface area contributed by atoms with E-state index >= 15 is 0 Å². The molecule has 0 saturated carbocycles. The van der Waals surface area contributed by atoms with Crippen LogP contribution in [-0.2, 0) is 6.42 Å². The summed E-state index contributed by atoms with van der Waals surface area (Å²) in [4.78, 5) is 13.2. The highest BCUT2D eigenvalue weighted by atomic mass is 35.5. The summed E-state index contributed by atoms with van der Waals surface area (Å²) in [5.74, 6) is 1.49. The first kappa shape index (κ1) is 15.7. The van der Waals surface area contributed by atoms with Gasteiger partial charge in [-0.3, -0.25) is 4.98 Å². The quantitative estimate of drug-likeness (QED) is 0.775. The average molecular weight is 306 g/mol. The molecule has 2 aromatic rings. The highest BCUT2D eigenvalue weighted by Gasteiger charge is 2.12. The van der Waals surface area contributed by atoms with E-state index in [0.29, 0.717) is 5.15 Å². The summed E-state index contributed by atoms with van der Waals surface area (Å²) in [5, 5.41) is 0.499. The highest BCUT2D eigenvalue weighted by Crippen LogP contribution is 2.28. The Morgan fingerprint density at radius 2 is 2.00 bits per heavy atom. The molecule has 2 heterocycles. The Bertz CT molecular complexity index is 629. The Balaban J connectivity index is 2.45. The van der Waals surface area contributed by atoms with Gasteiger partial charge < -0.3 is 4.74 Å². The van der Waals surface area contributed by atoms with Crippen LogP contribution in [0.1, 0.15) is 38.6 Å². The number of ether oxygens (including phenoxy) is 1. The molecule has 5 heteroatoms. The lowest BCUT2D eigenvalue weighted by Gasteiger charge is -2.12. The van der Waals surface area contributed by atoms with Crippen LogP contribution in [0.25, 0.3) is 11.3 Å². The Kier molecular flexibility index (Phi) is 5.12. The molecule has 2 rings (SSSR count). The summed E-state index contributed by atoms with van der Waals surface area (Å²) in [5.41, 5.74) is 2.58. The molecule has 0 amide bonds. The van der Waals surface area contributed by atoms with E-state index in [9.17, 15) is 0 Å². The van der Waals surface area contributed by atoms with Crippen molar-refractivity contribution in [2.45, 2.75) is 46.6 Å². The fourth-order valence-corrected chi connectivity index (χ4v) is 2.22. The fraction of sp³-hybridized carbons (Fsp3) is 0.438. The van der Waals surface area contributed by atoms with E-state index in [4.69, 9.17) is 16.3 Å². The van der Waals surface area contributed by atoms with E-state index < -0.39 is 0 Å². The molecule has 0 bridgehead atoms. The summed E-state index contributed by atoms with van der Waals surface area (Å²) >= 11 is 6.23. The van der Waals surface area contributed by atoms with E-state index in [1.807, 2.05) is 26.8 Å². The molecule has 0 spiro atoms. The van der Waals surface area contributed by atoms with Crippen LogP contribution >= 0.6 is 11.6 Å². The number of nitrogens with zero attached hydrogens (tertiary/aromatic N) is 3. The molecule has 2 aromatic heterocycles. The van der Waals surface area contributed by atoms with Gasteiger partial charge in [0.25, 0.3) is 0 Å². The fourth-order valence-electron chi connectivity index (χ4n) is 2.03. The number of hydrogen-bond donors (Lipinski definition) is 0. The van der Waals surface area contributed by atoms with Gasteiger partial charge in [-0.2, -0.15) is 0 Å². The van der Waals surface area contributed by atoms with E-state index in [2.05, 4.69) is 21.9 Å². The van der Waals surface area contributed by atoms with Crippen LogP contribution in [0.3, 0.4) is 0 Å². The first-order chi connectivity index (χ1) is 10.0. The average Bonchev–Trinajstić information content (AvgIpc) is 2.42. The molecule has 112 valence electrons. The first-order valence-electron chi connectivity index (χ1n) is 7.16. The van der Waals surface area contributed by atoms with Gasteiger partial charge in [-0.15, -0.1) is 0 Å². The van der Waals surface area contributed by atoms with Crippen LogP contribution in [-0.4, -0.2) is 21.1 Å². The van der Waals surface area contributed by atoms with Crippen LogP contribution in [0.15, 0.2) is 18.5 Å². The van der Waals surface area contributed by atoms with Crippen molar-refractivity contribution in [1.82, 2.24) is 15.0 Å². The molecule has 0 aliphatic rings. The van der Waals surface area contributed by atoms with E-state index in [-0.39, 0.29) is 6.10 Å². The van der Waals surface area contributed by atoms with Gasteiger partial charge in [0.1, 0.15) is 16.7 Å². The molecule has 0 aliphatic heterocycles. The number of aromatic nitrogens is 3. The molecule has 0 aliphatic carbocycles. The predicted molar refractivity (Wildman–Crippen MR) is 84.8 cm³/mol. The summed E-state index contributed by atoms with van der Waals surface area (Å²) in [6, 6.07) is 1.94. The third-order valence-electron chi connectivity index (χ3n) is 2.96. The summed E-state index contributed by atoms with van der Waals surface area (Å²) in [6.45, 7) is 7.98. The van der Waals surface area contributed by atoms with Gasteiger partial charge in [-0.25, -0.2) is 9.97 Å². The number of rotatable bonds is 5. The zero-order valence-electron chi connectivity index (χ0n) is 12.9. The van der Waals surface area contributed by atoms with Crippen molar-refractivity contribution in [2.75, 3.05) is 0 Å². The van der Waals surface area contributed by atoms with Crippen molar-refractivity contribution in [1.29, 1.82) is 0 Å². The second-order valence-corrected chi connectivity index (χ2v) is 5.59. The van der Waals surface area contributed by atoms with E-state index in [0.717, 1.165) is 41.2 Å². The van der Waals surface area contributed by atoms with Gasteiger partial charge in [0.15, 0.2) is 0 Å². The summed E-state index contributed by atoms with van der Waals surface area (Å²) < 4.78 is 5.69. The molecule has 0 atom stereocenters.